The first-order valence-electron chi connectivity index (χ1n) is 5.53. The lowest BCUT2D eigenvalue weighted by atomic mass is 9.69. The Kier molecular flexibility index (Phi) is 4.20. The van der Waals surface area contributed by atoms with Gasteiger partial charge in [0.2, 0.25) is 0 Å². The van der Waals surface area contributed by atoms with Crippen molar-refractivity contribution >= 4 is 0 Å². The maximum atomic E-state index is 5.68. The normalized spacial score (nSPS) is 31.6. The highest BCUT2D eigenvalue weighted by molar-refractivity contribution is 4.86. The van der Waals surface area contributed by atoms with Crippen LogP contribution in [0.2, 0.25) is 0 Å². The van der Waals surface area contributed by atoms with Crippen molar-refractivity contribution in [2.45, 2.75) is 39.5 Å². The fraction of sp³-hybridized carbons (Fsp3) is 1.00. The van der Waals surface area contributed by atoms with Gasteiger partial charge in [-0.05, 0) is 37.1 Å². The summed E-state index contributed by atoms with van der Waals surface area (Å²) in [7, 11) is 0. The molecule has 1 aliphatic heterocycles. The molecule has 1 heterocycles. The highest BCUT2D eigenvalue weighted by Crippen LogP contribution is 2.40. The lowest BCUT2D eigenvalue weighted by molar-refractivity contribution is -0.0430. The molecule has 0 amide bonds. The molecule has 1 aliphatic rings. The fourth-order valence-corrected chi connectivity index (χ4v) is 2.43. The van der Waals surface area contributed by atoms with Gasteiger partial charge in [-0.2, -0.15) is 0 Å². The molecule has 78 valence electrons. The van der Waals surface area contributed by atoms with E-state index in [-0.39, 0.29) is 0 Å². The van der Waals surface area contributed by atoms with Crippen LogP contribution in [0.3, 0.4) is 0 Å². The highest BCUT2D eigenvalue weighted by Gasteiger charge is 2.36. The van der Waals surface area contributed by atoms with Crippen molar-refractivity contribution in [3.63, 3.8) is 0 Å². The second-order valence-corrected chi connectivity index (χ2v) is 4.37. The first-order valence-corrected chi connectivity index (χ1v) is 5.53. The predicted molar refractivity (Wildman–Crippen MR) is 55.6 cm³/mol. The first-order chi connectivity index (χ1) is 6.25. The molecule has 2 nitrogen and oxygen atoms in total. The van der Waals surface area contributed by atoms with Crippen molar-refractivity contribution < 1.29 is 4.74 Å². The molecule has 0 bridgehead atoms. The lowest BCUT2D eigenvalue weighted by Gasteiger charge is -2.41. The van der Waals surface area contributed by atoms with Crippen molar-refractivity contribution in [2.24, 2.45) is 17.1 Å². The molecule has 2 unspecified atom stereocenters. The van der Waals surface area contributed by atoms with Crippen LogP contribution in [-0.4, -0.2) is 19.8 Å². The van der Waals surface area contributed by atoms with Crippen molar-refractivity contribution in [3.05, 3.63) is 0 Å². The van der Waals surface area contributed by atoms with Crippen LogP contribution in [0.5, 0.6) is 0 Å². The second-order valence-electron chi connectivity index (χ2n) is 4.37. The van der Waals surface area contributed by atoms with Crippen LogP contribution >= 0.6 is 0 Å². The van der Waals surface area contributed by atoms with Gasteiger partial charge in [-0.1, -0.05) is 20.3 Å². The van der Waals surface area contributed by atoms with Crippen molar-refractivity contribution in [1.82, 2.24) is 0 Å². The third-order valence-corrected chi connectivity index (χ3v) is 3.65. The van der Waals surface area contributed by atoms with E-state index in [0.717, 1.165) is 32.1 Å². The van der Waals surface area contributed by atoms with Crippen molar-refractivity contribution in [1.29, 1.82) is 0 Å². The Balaban J connectivity index is 2.60. The zero-order valence-corrected chi connectivity index (χ0v) is 9.01. The van der Waals surface area contributed by atoms with Crippen molar-refractivity contribution in [3.8, 4) is 0 Å². The summed E-state index contributed by atoms with van der Waals surface area (Å²) >= 11 is 0. The Bertz CT molecular complexity index is 136. The average molecular weight is 185 g/mol. The molecule has 0 aromatic carbocycles. The zero-order valence-electron chi connectivity index (χ0n) is 9.01. The molecule has 0 aromatic rings. The number of ether oxygens (including phenoxy) is 1. The smallest absolute Gasteiger partial charge is 0.0525 e. The van der Waals surface area contributed by atoms with Crippen LogP contribution in [-0.2, 0) is 4.74 Å². The Morgan fingerprint density at radius 2 is 2.31 bits per heavy atom. The van der Waals surface area contributed by atoms with E-state index in [1.165, 1.54) is 19.3 Å². The highest BCUT2D eigenvalue weighted by atomic mass is 16.5. The Morgan fingerprint density at radius 1 is 1.54 bits per heavy atom. The van der Waals surface area contributed by atoms with Gasteiger partial charge in [-0.3, -0.25) is 0 Å². The van der Waals surface area contributed by atoms with E-state index in [1.54, 1.807) is 0 Å². The van der Waals surface area contributed by atoms with Crippen LogP contribution in [0.1, 0.15) is 39.5 Å². The largest absolute Gasteiger partial charge is 0.381 e. The summed E-state index contributed by atoms with van der Waals surface area (Å²) in [4.78, 5) is 0. The van der Waals surface area contributed by atoms with Gasteiger partial charge in [0.1, 0.15) is 0 Å². The third-order valence-electron chi connectivity index (χ3n) is 3.65. The minimum Gasteiger partial charge on any atom is -0.381 e. The molecule has 0 spiro atoms. The Morgan fingerprint density at radius 3 is 2.77 bits per heavy atom. The monoisotopic (exact) mass is 185 g/mol. The van der Waals surface area contributed by atoms with Gasteiger partial charge in [0.05, 0.1) is 6.61 Å². The molecule has 2 atom stereocenters. The topological polar surface area (TPSA) is 35.2 Å². The predicted octanol–water partition coefficient (Wildman–Crippen LogP) is 2.18. The van der Waals surface area contributed by atoms with Crippen molar-refractivity contribution in [2.75, 3.05) is 19.8 Å². The molecule has 1 rings (SSSR count). The Labute approximate surface area is 81.8 Å². The van der Waals surface area contributed by atoms with Crippen LogP contribution in [0.15, 0.2) is 0 Å². The maximum Gasteiger partial charge on any atom is 0.0525 e. The number of rotatable bonds is 4. The van der Waals surface area contributed by atoms with E-state index < -0.39 is 0 Å². The summed E-state index contributed by atoms with van der Waals surface area (Å²) in [5.74, 6) is 0.747. The molecule has 0 saturated carbocycles. The standard InChI is InChI=1S/C11H23NO/c1-3-10(2)11(6-7-12)5-4-8-13-9-11/h10H,3-9,12H2,1-2H3. The molecule has 2 N–H and O–H groups in total. The summed E-state index contributed by atoms with van der Waals surface area (Å²) in [6.07, 6.45) is 4.88. The molecule has 0 aromatic heterocycles. The Hall–Kier alpha value is -0.0800. The maximum absolute atomic E-state index is 5.68. The zero-order chi connectivity index (χ0) is 9.73. The average Bonchev–Trinajstić information content (AvgIpc) is 2.18. The van der Waals surface area contributed by atoms with Gasteiger partial charge in [0, 0.05) is 6.61 Å². The van der Waals surface area contributed by atoms with Gasteiger partial charge in [0.15, 0.2) is 0 Å². The quantitative estimate of drug-likeness (QED) is 0.728. The molecule has 13 heavy (non-hydrogen) atoms. The fourth-order valence-electron chi connectivity index (χ4n) is 2.43. The van der Waals surface area contributed by atoms with E-state index in [2.05, 4.69) is 13.8 Å². The molecule has 1 fully saturated rings. The number of nitrogens with two attached hydrogens (primary N) is 1. The van der Waals surface area contributed by atoms with E-state index >= 15 is 0 Å². The van der Waals surface area contributed by atoms with E-state index in [4.69, 9.17) is 10.5 Å². The minimum absolute atomic E-state index is 0.391. The molecule has 0 aliphatic carbocycles. The number of hydrogen-bond donors (Lipinski definition) is 1. The van der Waals surface area contributed by atoms with E-state index in [9.17, 15) is 0 Å². The molecule has 1 saturated heterocycles. The van der Waals surface area contributed by atoms with Crippen LogP contribution < -0.4 is 5.73 Å². The molecular formula is C11H23NO. The minimum atomic E-state index is 0.391. The first kappa shape index (κ1) is 11.0. The second kappa shape index (κ2) is 4.97. The summed E-state index contributed by atoms with van der Waals surface area (Å²) < 4.78 is 5.61. The summed E-state index contributed by atoms with van der Waals surface area (Å²) in [5.41, 5.74) is 6.07. The lowest BCUT2D eigenvalue weighted by Crippen LogP contribution is -2.39. The summed E-state index contributed by atoms with van der Waals surface area (Å²) in [6, 6.07) is 0. The number of hydrogen-bond acceptors (Lipinski definition) is 2. The molecular weight excluding hydrogens is 162 g/mol. The van der Waals surface area contributed by atoms with Gasteiger partial charge in [-0.25, -0.2) is 0 Å². The summed E-state index contributed by atoms with van der Waals surface area (Å²) in [6.45, 7) is 7.28. The van der Waals surface area contributed by atoms with Crippen LogP contribution in [0, 0.1) is 11.3 Å². The van der Waals surface area contributed by atoms with Gasteiger partial charge < -0.3 is 10.5 Å². The molecule has 0 radical (unpaired) electrons. The van der Waals surface area contributed by atoms with E-state index in [0.29, 0.717) is 5.41 Å². The van der Waals surface area contributed by atoms with Gasteiger partial charge in [-0.15, -0.1) is 0 Å². The van der Waals surface area contributed by atoms with Crippen LogP contribution in [0.4, 0.5) is 0 Å². The van der Waals surface area contributed by atoms with Gasteiger partial charge in [0.25, 0.3) is 0 Å². The van der Waals surface area contributed by atoms with E-state index in [1.807, 2.05) is 0 Å². The van der Waals surface area contributed by atoms with Crippen LogP contribution in [0.25, 0.3) is 0 Å². The summed E-state index contributed by atoms with van der Waals surface area (Å²) in [5, 5.41) is 0. The molecule has 2 heteroatoms. The van der Waals surface area contributed by atoms with Gasteiger partial charge >= 0.3 is 0 Å². The third kappa shape index (κ3) is 2.44. The SMILES string of the molecule is CCC(C)C1(CCN)CCCOC1.